The van der Waals surface area contributed by atoms with E-state index in [0.717, 1.165) is 69.4 Å². The van der Waals surface area contributed by atoms with Crippen molar-refractivity contribution in [3.8, 4) is 0 Å². The van der Waals surface area contributed by atoms with Crippen LogP contribution < -0.4 is 10.2 Å². The van der Waals surface area contributed by atoms with Gasteiger partial charge in [-0.3, -0.25) is 10.1 Å². The van der Waals surface area contributed by atoms with Gasteiger partial charge in [-0.15, -0.1) is 0 Å². The first kappa shape index (κ1) is 20.9. The SMILES string of the molecule is COC(=O)Nc1cnc(N2CCC[C@]3(CCN(C4CCC(O)CC4)C3=O)C2)cc1C. The van der Waals surface area contributed by atoms with Gasteiger partial charge in [0.15, 0.2) is 0 Å². The van der Waals surface area contributed by atoms with Crippen LogP contribution in [0.15, 0.2) is 12.3 Å². The monoisotopic (exact) mass is 416 g/mol. The van der Waals surface area contributed by atoms with Crippen molar-refractivity contribution < 1.29 is 19.4 Å². The minimum absolute atomic E-state index is 0.205. The molecule has 2 saturated heterocycles. The summed E-state index contributed by atoms with van der Waals surface area (Å²) >= 11 is 0. The molecule has 1 spiro atoms. The molecule has 4 rings (SSSR count). The Morgan fingerprint density at radius 3 is 2.73 bits per heavy atom. The normalized spacial score (nSPS) is 29.4. The van der Waals surface area contributed by atoms with Gasteiger partial charge in [-0.2, -0.15) is 0 Å². The molecule has 2 amide bonds. The van der Waals surface area contributed by atoms with Crippen LogP contribution in [-0.4, -0.2) is 65.9 Å². The molecule has 1 aliphatic carbocycles. The number of aryl methyl sites for hydroxylation is 1. The molecule has 8 nitrogen and oxygen atoms in total. The van der Waals surface area contributed by atoms with Crippen molar-refractivity contribution in [2.75, 3.05) is 37.0 Å². The van der Waals surface area contributed by atoms with Crippen molar-refractivity contribution in [3.63, 3.8) is 0 Å². The lowest BCUT2D eigenvalue weighted by Crippen LogP contribution is -2.50. The third kappa shape index (κ3) is 3.97. The number of anilines is 2. The first-order valence-electron chi connectivity index (χ1n) is 11.0. The van der Waals surface area contributed by atoms with Crippen LogP contribution >= 0.6 is 0 Å². The number of carbonyl (C=O) groups excluding carboxylic acids is 2. The number of aliphatic hydroxyl groups is 1. The fourth-order valence-corrected chi connectivity index (χ4v) is 5.28. The highest BCUT2D eigenvalue weighted by Gasteiger charge is 2.50. The van der Waals surface area contributed by atoms with Gasteiger partial charge in [0, 0.05) is 25.7 Å². The Kier molecular flexibility index (Phi) is 5.86. The average molecular weight is 417 g/mol. The molecule has 8 heteroatoms. The van der Waals surface area contributed by atoms with Gasteiger partial charge < -0.3 is 19.6 Å². The number of aromatic nitrogens is 1. The van der Waals surface area contributed by atoms with E-state index in [4.69, 9.17) is 0 Å². The summed E-state index contributed by atoms with van der Waals surface area (Å²) in [6.45, 7) is 4.31. The second kappa shape index (κ2) is 8.41. The lowest BCUT2D eigenvalue weighted by atomic mass is 9.78. The number of nitrogens with zero attached hydrogens (tertiary/aromatic N) is 3. The Labute approximate surface area is 177 Å². The quantitative estimate of drug-likeness (QED) is 0.787. The van der Waals surface area contributed by atoms with Crippen molar-refractivity contribution in [3.05, 3.63) is 17.8 Å². The molecule has 1 aromatic rings. The molecule has 1 saturated carbocycles. The van der Waals surface area contributed by atoms with Gasteiger partial charge in [0.1, 0.15) is 5.82 Å². The van der Waals surface area contributed by atoms with Crippen molar-refractivity contribution in [2.24, 2.45) is 5.41 Å². The van der Waals surface area contributed by atoms with Crippen LogP contribution in [-0.2, 0) is 9.53 Å². The second-order valence-electron chi connectivity index (χ2n) is 8.99. The fraction of sp³-hybridized carbons (Fsp3) is 0.682. The van der Waals surface area contributed by atoms with E-state index in [1.165, 1.54) is 7.11 Å². The van der Waals surface area contributed by atoms with E-state index >= 15 is 0 Å². The number of methoxy groups -OCH3 is 1. The molecule has 2 aliphatic heterocycles. The largest absolute Gasteiger partial charge is 0.453 e. The highest BCUT2D eigenvalue weighted by atomic mass is 16.5. The van der Waals surface area contributed by atoms with Gasteiger partial charge in [0.25, 0.3) is 0 Å². The topological polar surface area (TPSA) is 95.0 Å². The van der Waals surface area contributed by atoms with Crippen molar-refractivity contribution in [2.45, 2.75) is 64.0 Å². The van der Waals surface area contributed by atoms with Crippen LogP contribution in [0.25, 0.3) is 0 Å². The van der Waals surface area contributed by atoms with E-state index in [2.05, 4.69) is 24.8 Å². The molecular weight excluding hydrogens is 384 g/mol. The van der Waals surface area contributed by atoms with E-state index < -0.39 is 6.09 Å². The number of hydrogen-bond donors (Lipinski definition) is 2. The zero-order valence-electron chi connectivity index (χ0n) is 17.9. The van der Waals surface area contributed by atoms with Crippen LogP contribution in [0.1, 0.15) is 50.5 Å². The number of piperidine rings is 1. The average Bonchev–Trinajstić information content (AvgIpc) is 3.05. The predicted octanol–water partition coefficient (Wildman–Crippen LogP) is 2.69. The summed E-state index contributed by atoms with van der Waals surface area (Å²) in [6, 6.07) is 2.24. The van der Waals surface area contributed by atoms with Crippen LogP contribution in [0, 0.1) is 12.3 Å². The Bertz CT molecular complexity index is 808. The minimum Gasteiger partial charge on any atom is -0.453 e. The highest BCUT2D eigenvalue weighted by Crippen LogP contribution is 2.43. The zero-order valence-corrected chi connectivity index (χ0v) is 17.9. The molecule has 1 aromatic heterocycles. The number of aliphatic hydroxyl groups excluding tert-OH is 1. The number of pyridine rings is 1. The van der Waals surface area contributed by atoms with E-state index in [0.29, 0.717) is 12.2 Å². The molecule has 2 N–H and O–H groups in total. The molecule has 0 unspecified atom stereocenters. The molecule has 0 radical (unpaired) electrons. The molecule has 1 atom stereocenters. The van der Waals surface area contributed by atoms with Crippen LogP contribution in [0.5, 0.6) is 0 Å². The van der Waals surface area contributed by atoms with Crippen LogP contribution in [0.3, 0.4) is 0 Å². The number of hydrogen-bond acceptors (Lipinski definition) is 6. The van der Waals surface area contributed by atoms with Crippen molar-refractivity contribution in [1.29, 1.82) is 0 Å². The Morgan fingerprint density at radius 2 is 2.03 bits per heavy atom. The molecule has 3 heterocycles. The predicted molar refractivity (Wildman–Crippen MR) is 113 cm³/mol. The van der Waals surface area contributed by atoms with Gasteiger partial charge in [0.2, 0.25) is 5.91 Å². The Balaban J connectivity index is 1.46. The highest BCUT2D eigenvalue weighted by molar-refractivity contribution is 5.87. The van der Waals surface area contributed by atoms with E-state index in [1.54, 1.807) is 6.20 Å². The molecule has 3 fully saturated rings. The lowest BCUT2D eigenvalue weighted by molar-refractivity contribution is -0.139. The summed E-state index contributed by atoms with van der Waals surface area (Å²) in [5.41, 5.74) is 1.21. The third-order valence-electron chi connectivity index (χ3n) is 7.07. The molecule has 3 aliphatic rings. The van der Waals surface area contributed by atoms with Gasteiger partial charge in [-0.25, -0.2) is 9.78 Å². The first-order valence-corrected chi connectivity index (χ1v) is 11.0. The number of carbonyl (C=O) groups is 2. The van der Waals surface area contributed by atoms with E-state index in [-0.39, 0.29) is 23.5 Å². The summed E-state index contributed by atoms with van der Waals surface area (Å²) < 4.78 is 4.65. The van der Waals surface area contributed by atoms with Crippen LogP contribution in [0.2, 0.25) is 0 Å². The Morgan fingerprint density at radius 1 is 1.27 bits per heavy atom. The van der Waals surface area contributed by atoms with E-state index in [1.807, 2.05) is 13.0 Å². The number of likely N-dealkylation sites (tertiary alicyclic amines) is 1. The number of nitrogens with one attached hydrogen (secondary N) is 1. The standard InChI is InChI=1S/C22H32N4O4/c1-15-12-19(23-13-18(15)24-21(29)30-2)25-10-3-8-22(14-25)9-11-26(20(22)28)16-4-6-17(27)7-5-16/h12-13,16-17,27H,3-11,14H2,1-2H3,(H,24,29)/t16?,17?,22-/m0/s1. The molecule has 0 aromatic carbocycles. The maximum atomic E-state index is 13.5. The molecule has 164 valence electrons. The summed E-state index contributed by atoms with van der Waals surface area (Å²) in [7, 11) is 1.33. The third-order valence-corrected chi connectivity index (χ3v) is 7.07. The summed E-state index contributed by atoms with van der Waals surface area (Å²) in [5, 5.41) is 12.5. The first-order chi connectivity index (χ1) is 14.4. The smallest absolute Gasteiger partial charge is 0.411 e. The van der Waals surface area contributed by atoms with Crippen LogP contribution in [0.4, 0.5) is 16.3 Å². The summed E-state index contributed by atoms with van der Waals surface area (Å²) in [6.07, 6.45) is 7.11. The Hall–Kier alpha value is -2.35. The zero-order chi connectivity index (χ0) is 21.3. The minimum atomic E-state index is -0.517. The lowest BCUT2D eigenvalue weighted by Gasteiger charge is -2.41. The van der Waals surface area contributed by atoms with Crippen molar-refractivity contribution in [1.82, 2.24) is 9.88 Å². The van der Waals surface area contributed by atoms with Gasteiger partial charge in [-0.05, 0) is 63.5 Å². The van der Waals surface area contributed by atoms with Crippen molar-refractivity contribution >= 4 is 23.5 Å². The second-order valence-corrected chi connectivity index (χ2v) is 8.99. The fourth-order valence-electron chi connectivity index (χ4n) is 5.28. The maximum Gasteiger partial charge on any atom is 0.411 e. The summed E-state index contributed by atoms with van der Waals surface area (Å²) in [5.74, 6) is 1.13. The van der Waals surface area contributed by atoms with Gasteiger partial charge in [-0.1, -0.05) is 0 Å². The maximum absolute atomic E-state index is 13.5. The number of rotatable bonds is 3. The summed E-state index contributed by atoms with van der Waals surface area (Å²) in [4.78, 5) is 33.8. The molecule has 0 bridgehead atoms. The van der Waals surface area contributed by atoms with Gasteiger partial charge >= 0.3 is 6.09 Å². The molecule has 30 heavy (non-hydrogen) atoms. The molecular formula is C22H32N4O4. The van der Waals surface area contributed by atoms with Gasteiger partial charge in [0.05, 0.1) is 30.5 Å². The van der Waals surface area contributed by atoms with E-state index in [9.17, 15) is 14.7 Å². The number of amides is 2. The number of ether oxygens (including phenoxy) is 1.